The van der Waals surface area contributed by atoms with E-state index < -0.39 is 16.0 Å². The zero-order valence-corrected chi connectivity index (χ0v) is 15.6. The lowest BCUT2D eigenvalue weighted by Gasteiger charge is -2.40. The monoisotopic (exact) mass is 408 g/mol. The topological polar surface area (TPSA) is 44.8 Å². The summed E-state index contributed by atoms with van der Waals surface area (Å²) < 4.78 is 15.0. The van der Waals surface area contributed by atoms with E-state index in [0.29, 0.717) is 28.9 Å². The molecule has 2 bridgehead atoms. The highest BCUT2D eigenvalue weighted by molar-refractivity contribution is 6.58. The second kappa shape index (κ2) is 6.11. The first-order chi connectivity index (χ1) is 11.3. The minimum Gasteiger partial charge on any atom is -0.493 e. The molecule has 2 heterocycles. The first-order valence-electron chi connectivity index (χ1n) is 6.84. The Morgan fingerprint density at radius 1 is 1.12 bits per heavy atom. The highest BCUT2D eigenvalue weighted by Gasteiger charge is 2.56. The highest BCUT2D eigenvalue weighted by Crippen LogP contribution is 2.58. The molecule has 0 aromatic heterocycles. The molecule has 2 aliphatic rings. The fourth-order valence-corrected chi connectivity index (χ4v) is 3.97. The lowest BCUT2D eigenvalue weighted by atomic mass is 9.88. The lowest BCUT2D eigenvalue weighted by Crippen LogP contribution is -2.42. The third-order valence-corrected chi connectivity index (χ3v) is 6.13. The summed E-state index contributed by atoms with van der Waals surface area (Å²) in [5.74, 6) is 0.825. The zero-order chi connectivity index (χ0) is 17.7. The van der Waals surface area contributed by atoms with Crippen LogP contribution in [0.3, 0.4) is 0 Å². The minimum absolute atomic E-state index is 0.0559. The number of aldehydes is 1. The Labute approximate surface area is 158 Å². The van der Waals surface area contributed by atoms with Crippen LogP contribution in [0, 0.1) is 0 Å². The van der Waals surface area contributed by atoms with Gasteiger partial charge in [-0.1, -0.05) is 52.5 Å². The van der Waals surface area contributed by atoms with Crippen LogP contribution in [0.15, 0.2) is 34.3 Å². The van der Waals surface area contributed by atoms with Crippen molar-refractivity contribution in [3.63, 3.8) is 0 Å². The molecule has 2 atom stereocenters. The van der Waals surface area contributed by atoms with Crippen molar-refractivity contribution in [3.05, 3.63) is 45.5 Å². The molecule has 0 amide bonds. The molecule has 0 radical (unpaired) electrons. The normalized spacial score (nSPS) is 27.3. The zero-order valence-electron chi connectivity index (χ0n) is 12.6. The molecule has 0 unspecified atom stereocenters. The van der Waals surface area contributed by atoms with Crippen LogP contribution in [-0.4, -0.2) is 30.9 Å². The Hall–Kier alpha value is -0.910. The van der Waals surface area contributed by atoms with Crippen LogP contribution in [0.25, 0.3) is 0 Å². The van der Waals surface area contributed by atoms with Gasteiger partial charge in [0.05, 0.1) is 24.3 Å². The number of benzene rings is 1. The summed E-state index contributed by atoms with van der Waals surface area (Å²) in [4.78, 5) is 11.6. The smallest absolute Gasteiger partial charge is 0.184 e. The van der Waals surface area contributed by atoms with Crippen molar-refractivity contribution >= 4 is 52.7 Å². The van der Waals surface area contributed by atoms with E-state index in [1.807, 2.05) is 0 Å². The first-order valence-corrected chi connectivity index (χ1v) is 8.36. The molecule has 1 aromatic carbocycles. The van der Waals surface area contributed by atoms with Crippen molar-refractivity contribution in [1.29, 1.82) is 0 Å². The van der Waals surface area contributed by atoms with Crippen LogP contribution in [0.4, 0.5) is 0 Å². The van der Waals surface area contributed by atoms with Crippen molar-refractivity contribution in [1.82, 2.24) is 0 Å². The van der Waals surface area contributed by atoms with E-state index >= 15 is 0 Å². The van der Waals surface area contributed by atoms with Gasteiger partial charge in [-0.3, -0.25) is 4.79 Å². The molecule has 1 aromatic rings. The maximum absolute atomic E-state index is 11.6. The molecule has 0 aliphatic carbocycles. The standard InChI is InChI=1S/C16H12Cl4O4/c1-22-10-5-8(7-21)9(6-11(10)23-2)15-4-3-12(24-15)16(19,20)14(18)13(15)17/h3-7,12H,1-2H3/t12-,15-/m0/s1. The predicted octanol–water partition coefficient (Wildman–Crippen LogP) is 4.54. The van der Waals surface area contributed by atoms with E-state index in [4.69, 9.17) is 60.6 Å². The molecule has 2 aliphatic heterocycles. The number of carbonyl (C=O) groups excluding carboxylic acids is 1. The van der Waals surface area contributed by atoms with Crippen LogP contribution in [0.1, 0.15) is 15.9 Å². The summed E-state index contributed by atoms with van der Waals surface area (Å²) in [5.41, 5.74) is -0.482. The molecule has 8 heteroatoms. The molecular formula is C16H12Cl4O4. The van der Waals surface area contributed by atoms with E-state index in [1.165, 1.54) is 14.2 Å². The van der Waals surface area contributed by atoms with Crippen LogP contribution < -0.4 is 9.47 Å². The molecule has 0 spiro atoms. The van der Waals surface area contributed by atoms with Gasteiger partial charge in [-0.2, -0.15) is 0 Å². The Balaban J connectivity index is 2.28. The number of alkyl halides is 2. The largest absolute Gasteiger partial charge is 0.493 e. The van der Waals surface area contributed by atoms with Gasteiger partial charge < -0.3 is 14.2 Å². The summed E-state index contributed by atoms with van der Waals surface area (Å²) >= 11 is 25.2. The first kappa shape index (κ1) is 17.9. The summed E-state index contributed by atoms with van der Waals surface area (Å²) in [6, 6.07) is 3.17. The second-order valence-electron chi connectivity index (χ2n) is 5.30. The van der Waals surface area contributed by atoms with Gasteiger partial charge in [0, 0.05) is 11.1 Å². The second-order valence-corrected chi connectivity index (χ2v) is 7.44. The number of rotatable bonds is 4. The SMILES string of the molecule is COc1cc(C=O)c([C@]23C=C[C@H](O2)C(Cl)(Cl)C(Cl)=C3Cl)cc1OC. The van der Waals surface area contributed by atoms with Gasteiger partial charge in [0.15, 0.2) is 22.1 Å². The fourth-order valence-electron chi connectivity index (χ4n) is 2.84. The van der Waals surface area contributed by atoms with Crippen LogP contribution >= 0.6 is 46.4 Å². The van der Waals surface area contributed by atoms with Gasteiger partial charge >= 0.3 is 0 Å². The number of halogens is 4. The van der Waals surface area contributed by atoms with Gasteiger partial charge in [0.2, 0.25) is 0 Å². The van der Waals surface area contributed by atoms with Crippen molar-refractivity contribution in [2.45, 2.75) is 16.0 Å². The van der Waals surface area contributed by atoms with Gasteiger partial charge in [-0.05, 0) is 18.2 Å². The molecule has 4 nitrogen and oxygen atoms in total. The number of methoxy groups -OCH3 is 2. The predicted molar refractivity (Wildman–Crippen MR) is 93.8 cm³/mol. The quantitative estimate of drug-likeness (QED) is 0.416. The molecule has 0 fully saturated rings. The van der Waals surface area contributed by atoms with E-state index in [-0.39, 0.29) is 10.1 Å². The van der Waals surface area contributed by atoms with Crippen molar-refractivity contribution < 1.29 is 19.0 Å². The summed E-state index contributed by atoms with van der Waals surface area (Å²) in [7, 11) is 2.97. The van der Waals surface area contributed by atoms with Crippen molar-refractivity contribution in [2.24, 2.45) is 0 Å². The third-order valence-electron chi connectivity index (χ3n) is 4.07. The highest BCUT2D eigenvalue weighted by atomic mass is 35.5. The number of hydrogen-bond acceptors (Lipinski definition) is 4. The van der Waals surface area contributed by atoms with Gasteiger partial charge in [-0.25, -0.2) is 0 Å². The molecule has 0 N–H and O–H groups in total. The molecular weight excluding hydrogens is 398 g/mol. The molecule has 24 heavy (non-hydrogen) atoms. The molecule has 0 saturated carbocycles. The van der Waals surface area contributed by atoms with E-state index in [1.54, 1.807) is 24.3 Å². The maximum atomic E-state index is 11.6. The van der Waals surface area contributed by atoms with Crippen LogP contribution in [0.2, 0.25) is 0 Å². The van der Waals surface area contributed by atoms with Crippen molar-refractivity contribution in [3.8, 4) is 11.5 Å². The Kier molecular flexibility index (Phi) is 4.56. The lowest BCUT2D eigenvalue weighted by molar-refractivity contribution is -0.0104. The Bertz CT molecular complexity index is 772. The average molecular weight is 410 g/mol. The van der Waals surface area contributed by atoms with Crippen molar-refractivity contribution in [2.75, 3.05) is 14.2 Å². The van der Waals surface area contributed by atoms with Gasteiger partial charge in [-0.15, -0.1) is 0 Å². The number of ether oxygens (including phenoxy) is 3. The third kappa shape index (κ3) is 2.36. The van der Waals surface area contributed by atoms with Gasteiger partial charge in [0.25, 0.3) is 0 Å². The van der Waals surface area contributed by atoms with E-state index in [0.717, 1.165) is 0 Å². The molecule has 3 rings (SSSR count). The van der Waals surface area contributed by atoms with Crippen LogP contribution in [-0.2, 0) is 10.3 Å². The summed E-state index contributed by atoms with van der Waals surface area (Å²) in [6.07, 6.45) is 3.33. The fraction of sp³-hybridized carbons (Fsp3) is 0.312. The summed E-state index contributed by atoms with van der Waals surface area (Å²) in [6.45, 7) is 0. The summed E-state index contributed by atoms with van der Waals surface area (Å²) in [5, 5.41) is 0.148. The van der Waals surface area contributed by atoms with Crippen LogP contribution in [0.5, 0.6) is 11.5 Å². The Morgan fingerprint density at radius 2 is 1.75 bits per heavy atom. The van der Waals surface area contributed by atoms with E-state index in [2.05, 4.69) is 0 Å². The number of fused-ring (bicyclic) bond motifs is 2. The Morgan fingerprint density at radius 3 is 2.33 bits per heavy atom. The van der Waals surface area contributed by atoms with Gasteiger partial charge in [0.1, 0.15) is 11.7 Å². The number of carbonyl (C=O) groups is 1. The minimum atomic E-state index is -1.49. The molecule has 0 saturated heterocycles. The molecule has 128 valence electrons. The van der Waals surface area contributed by atoms with E-state index in [9.17, 15) is 4.79 Å². The maximum Gasteiger partial charge on any atom is 0.184 e. The average Bonchev–Trinajstić information content (AvgIpc) is 3.03. The number of hydrogen-bond donors (Lipinski definition) is 0.